The fourth-order valence-electron chi connectivity index (χ4n) is 1.81. The molecule has 1 unspecified atom stereocenters. The molecule has 0 saturated heterocycles. The van der Waals surface area contributed by atoms with E-state index in [-0.39, 0.29) is 6.42 Å². The Morgan fingerprint density at radius 3 is 2.37 bits per heavy atom. The fourth-order valence-corrected chi connectivity index (χ4v) is 1.81. The van der Waals surface area contributed by atoms with Gasteiger partial charge in [0.15, 0.2) is 0 Å². The van der Waals surface area contributed by atoms with Crippen molar-refractivity contribution in [3.05, 3.63) is 35.9 Å². The van der Waals surface area contributed by atoms with Gasteiger partial charge >= 0.3 is 11.9 Å². The molecule has 0 radical (unpaired) electrons. The van der Waals surface area contributed by atoms with Gasteiger partial charge in [0.1, 0.15) is 0 Å². The van der Waals surface area contributed by atoms with E-state index in [4.69, 9.17) is 10.5 Å². The van der Waals surface area contributed by atoms with E-state index < -0.39 is 17.9 Å². The lowest BCUT2D eigenvalue weighted by Gasteiger charge is -2.12. The minimum Gasteiger partial charge on any atom is -0.301 e. The normalized spacial score (nSPS) is 11.7. The highest BCUT2D eigenvalue weighted by Gasteiger charge is 2.21. The van der Waals surface area contributed by atoms with Gasteiger partial charge in [-0.05, 0) is 24.8 Å². The molecule has 104 valence electrons. The summed E-state index contributed by atoms with van der Waals surface area (Å²) in [5, 5.41) is 16.6. The first kappa shape index (κ1) is 15.1. The first-order chi connectivity index (χ1) is 9.17. The number of carbonyl (C=O) groups is 2. The van der Waals surface area contributed by atoms with Gasteiger partial charge in [-0.15, -0.1) is 0 Å². The molecule has 2 N–H and O–H groups in total. The van der Waals surface area contributed by atoms with Crippen LogP contribution in [0.25, 0.3) is 0 Å². The Morgan fingerprint density at radius 2 is 1.79 bits per heavy atom. The molecule has 0 spiro atoms. The summed E-state index contributed by atoms with van der Waals surface area (Å²) in [6.45, 7) is 0. The Balaban J connectivity index is 2.53. The number of carbonyl (C=O) groups excluding carboxylic acids is 2. The summed E-state index contributed by atoms with van der Waals surface area (Å²) in [7, 11) is 0. The van der Waals surface area contributed by atoms with Gasteiger partial charge in [-0.1, -0.05) is 30.3 Å². The second kappa shape index (κ2) is 8.23. The first-order valence-electron chi connectivity index (χ1n) is 5.90. The Kier molecular flexibility index (Phi) is 6.56. The van der Waals surface area contributed by atoms with Crippen molar-refractivity contribution in [3.8, 4) is 0 Å². The number of benzene rings is 1. The zero-order valence-corrected chi connectivity index (χ0v) is 10.3. The van der Waals surface area contributed by atoms with Crippen LogP contribution in [0.3, 0.4) is 0 Å². The minimum absolute atomic E-state index is 0.000494. The standard InChI is InChI=1S/C13H16O6/c14-12(18-16)8-4-7-11(13(15)19-17)9-10-5-2-1-3-6-10/h1-3,5-6,11,16-17H,4,7-9H2. The third kappa shape index (κ3) is 5.50. The van der Waals surface area contributed by atoms with Crippen LogP contribution >= 0.6 is 0 Å². The van der Waals surface area contributed by atoms with Crippen molar-refractivity contribution in [2.24, 2.45) is 5.92 Å². The van der Waals surface area contributed by atoms with Gasteiger partial charge in [0.2, 0.25) is 0 Å². The van der Waals surface area contributed by atoms with Crippen LogP contribution in [-0.2, 0) is 25.8 Å². The molecule has 0 aromatic heterocycles. The summed E-state index contributed by atoms with van der Waals surface area (Å²) in [6, 6.07) is 9.28. The third-order valence-electron chi connectivity index (χ3n) is 2.78. The van der Waals surface area contributed by atoms with Crippen molar-refractivity contribution in [3.63, 3.8) is 0 Å². The molecule has 0 heterocycles. The van der Waals surface area contributed by atoms with Gasteiger partial charge in [0.05, 0.1) is 5.92 Å². The molecular weight excluding hydrogens is 252 g/mol. The molecule has 6 nitrogen and oxygen atoms in total. The van der Waals surface area contributed by atoms with E-state index in [1.807, 2.05) is 30.3 Å². The topological polar surface area (TPSA) is 93.1 Å². The van der Waals surface area contributed by atoms with Gasteiger partial charge in [0.25, 0.3) is 0 Å². The van der Waals surface area contributed by atoms with Crippen molar-refractivity contribution in [2.75, 3.05) is 0 Å². The molecule has 1 aromatic carbocycles. The smallest absolute Gasteiger partial charge is 0.301 e. The van der Waals surface area contributed by atoms with Crippen LogP contribution in [0.15, 0.2) is 30.3 Å². The summed E-state index contributed by atoms with van der Waals surface area (Å²) in [5.41, 5.74) is 0.933. The predicted molar refractivity (Wildman–Crippen MR) is 64.9 cm³/mol. The van der Waals surface area contributed by atoms with Crippen LogP contribution < -0.4 is 0 Å². The lowest BCUT2D eigenvalue weighted by Crippen LogP contribution is -2.19. The van der Waals surface area contributed by atoms with E-state index >= 15 is 0 Å². The third-order valence-corrected chi connectivity index (χ3v) is 2.78. The number of hydrogen-bond donors (Lipinski definition) is 2. The molecule has 0 amide bonds. The number of rotatable bonds is 7. The van der Waals surface area contributed by atoms with Crippen molar-refractivity contribution >= 4 is 11.9 Å². The lowest BCUT2D eigenvalue weighted by atomic mass is 9.94. The minimum atomic E-state index is -0.754. The van der Waals surface area contributed by atoms with E-state index in [2.05, 4.69) is 9.78 Å². The first-order valence-corrected chi connectivity index (χ1v) is 5.90. The van der Waals surface area contributed by atoms with E-state index in [1.54, 1.807) is 0 Å². The van der Waals surface area contributed by atoms with Crippen LogP contribution in [0.5, 0.6) is 0 Å². The molecule has 0 saturated carbocycles. The zero-order chi connectivity index (χ0) is 14.1. The monoisotopic (exact) mass is 268 g/mol. The van der Waals surface area contributed by atoms with Gasteiger partial charge in [-0.2, -0.15) is 10.5 Å². The summed E-state index contributed by atoms with van der Waals surface area (Å²) in [5.74, 6) is -2.03. The Bertz CT molecular complexity index is 403. The quantitative estimate of drug-likeness (QED) is 0.580. The van der Waals surface area contributed by atoms with Crippen LogP contribution in [0.2, 0.25) is 0 Å². The SMILES string of the molecule is O=C(CCCC(Cc1ccccc1)C(=O)OO)OO. The highest BCUT2D eigenvalue weighted by molar-refractivity contribution is 5.72. The largest absolute Gasteiger partial charge is 0.345 e. The Labute approximate surface area is 110 Å². The van der Waals surface area contributed by atoms with Crippen LogP contribution in [-0.4, -0.2) is 22.5 Å². The molecule has 19 heavy (non-hydrogen) atoms. The maximum atomic E-state index is 11.4. The summed E-state index contributed by atoms with van der Waals surface area (Å²) >= 11 is 0. The lowest BCUT2D eigenvalue weighted by molar-refractivity contribution is -0.239. The van der Waals surface area contributed by atoms with Crippen molar-refractivity contribution in [1.29, 1.82) is 0 Å². The van der Waals surface area contributed by atoms with Gasteiger partial charge in [-0.25, -0.2) is 9.59 Å². The molecule has 1 rings (SSSR count). The summed E-state index contributed by atoms with van der Waals surface area (Å²) in [4.78, 5) is 29.5. The van der Waals surface area contributed by atoms with E-state index in [9.17, 15) is 9.59 Å². The van der Waals surface area contributed by atoms with Crippen molar-refractivity contribution < 1.29 is 29.9 Å². The molecular formula is C13H16O6. The van der Waals surface area contributed by atoms with Gasteiger partial charge in [0, 0.05) is 6.42 Å². The van der Waals surface area contributed by atoms with Crippen LogP contribution in [0, 0.1) is 5.92 Å². The van der Waals surface area contributed by atoms with Crippen molar-refractivity contribution in [1.82, 2.24) is 0 Å². The molecule has 6 heteroatoms. The molecule has 0 aliphatic rings. The Hall–Kier alpha value is -1.92. The zero-order valence-electron chi connectivity index (χ0n) is 10.3. The second-order valence-electron chi connectivity index (χ2n) is 4.15. The maximum absolute atomic E-state index is 11.4. The molecule has 0 aliphatic carbocycles. The van der Waals surface area contributed by atoms with Gasteiger partial charge in [-0.3, -0.25) is 0 Å². The van der Waals surface area contributed by atoms with E-state index in [1.165, 1.54) is 0 Å². The Morgan fingerprint density at radius 1 is 1.11 bits per heavy atom. The van der Waals surface area contributed by atoms with E-state index in [0.29, 0.717) is 19.3 Å². The predicted octanol–water partition coefficient (Wildman–Crippen LogP) is 2.05. The molecule has 1 atom stereocenters. The fraction of sp³-hybridized carbons (Fsp3) is 0.385. The molecule has 1 aromatic rings. The summed E-state index contributed by atoms with van der Waals surface area (Å²) < 4.78 is 0. The second-order valence-corrected chi connectivity index (χ2v) is 4.15. The molecule has 0 aliphatic heterocycles. The van der Waals surface area contributed by atoms with E-state index in [0.717, 1.165) is 5.56 Å². The van der Waals surface area contributed by atoms with Crippen molar-refractivity contribution in [2.45, 2.75) is 25.7 Å². The average Bonchev–Trinajstić information content (AvgIpc) is 2.46. The number of hydrogen-bond acceptors (Lipinski definition) is 6. The molecule has 0 bridgehead atoms. The maximum Gasteiger partial charge on any atom is 0.345 e. The highest BCUT2D eigenvalue weighted by Crippen LogP contribution is 2.17. The average molecular weight is 268 g/mol. The highest BCUT2D eigenvalue weighted by atomic mass is 17.1. The van der Waals surface area contributed by atoms with Crippen LogP contribution in [0.4, 0.5) is 0 Å². The van der Waals surface area contributed by atoms with Gasteiger partial charge < -0.3 is 9.78 Å². The molecule has 0 fully saturated rings. The van der Waals surface area contributed by atoms with Crippen LogP contribution in [0.1, 0.15) is 24.8 Å². The summed E-state index contributed by atoms with van der Waals surface area (Å²) in [6.07, 6.45) is 1.12.